The maximum atomic E-state index is 12.1. The number of rotatable bonds is 3. The molecule has 0 aliphatic carbocycles. The van der Waals surface area contributed by atoms with Gasteiger partial charge in [0, 0.05) is 10.4 Å². The first kappa shape index (κ1) is 11.8. The second-order valence-corrected chi connectivity index (χ2v) is 6.46. The molecule has 0 atom stereocenters. The van der Waals surface area contributed by atoms with Gasteiger partial charge in [-0.05, 0) is 52.3 Å². The number of carbonyl (C=O) groups is 1. The SMILES string of the molecule is Cc1ccc(C(=O)CN2CCCC2(C)C)s1. The first-order chi connectivity index (χ1) is 7.49. The van der Waals surface area contributed by atoms with E-state index in [-0.39, 0.29) is 11.3 Å². The van der Waals surface area contributed by atoms with Gasteiger partial charge < -0.3 is 0 Å². The maximum absolute atomic E-state index is 12.1. The quantitative estimate of drug-likeness (QED) is 0.753. The van der Waals surface area contributed by atoms with Crippen molar-refractivity contribution in [1.29, 1.82) is 0 Å². The summed E-state index contributed by atoms with van der Waals surface area (Å²) in [6, 6.07) is 3.97. The number of aryl methyl sites for hydroxylation is 1. The average Bonchev–Trinajstić information content (AvgIpc) is 2.74. The van der Waals surface area contributed by atoms with E-state index >= 15 is 0 Å². The summed E-state index contributed by atoms with van der Waals surface area (Å²) in [4.78, 5) is 16.5. The van der Waals surface area contributed by atoms with Crippen LogP contribution in [0, 0.1) is 6.92 Å². The molecule has 0 saturated carbocycles. The predicted octanol–water partition coefficient (Wildman–Crippen LogP) is 3.11. The van der Waals surface area contributed by atoms with Crippen molar-refractivity contribution in [2.45, 2.75) is 39.2 Å². The number of ketones is 1. The molecule has 0 amide bonds. The Bertz CT molecular complexity index is 394. The molecule has 88 valence electrons. The van der Waals surface area contributed by atoms with E-state index in [2.05, 4.69) is 18.7 Å². The lowest BCUT2D eigenvalue weighted by molar-refractivity contribution is 0.0875. The van der Waals surface area contributed by atoms with Crippen molar-refractivity contribution in [3.05, 3.63) is 21.9 Å². The van der Waals surface area contributed by atoms with Gasteiger partial charge in [0.2, 0.25) is 0 Å². The molecule has 1 aromatic heterocycles. The third-order valence-electron chi connectivity index (χ3n) is 3.42. The van der Waals surface area contributed by atoms with Gasteiger partial charge in [-0.2, -0.15) is 0 Å². The van der Waals surface area contributed by atoms with Gasteiger partial charge in [-0.1, -0.05) is 0 Å². The van der Waals surface area contributed by atoms with Crippen LogP contribution >= 0.6 is 11.3 Å². The first-order valence-electron chi connectivity index (χ1n) is 5.84. The summed E-state index contributed by atoms with van der Waals surface area (Å²) in [6.45, 7) is 8.14. The number of hydrogen-bond acceptors (Lipinski definition) is 3. The van der Waals surface area contributed by atoms with Gasteiger partial charge in [0.05, 0.1) is 11.4 Å². The van der Waals surface area contributed by atoms with Crippen LogP contribution in [0.15, 0.2) is 12.1 Å². The lowest BCUT2D eigenvalue weighted by atomic mass is 10.0. The highest BCUT2D eigenvalue weighted by molar-refractivity contribution is 7.14. The molecule has 3 heteroatoms. The third-order valence-corrected chi connectivity index (χ3v) is 4.46. The Balaban J connectivity index is 2.03. The van der Waals surface area contributed by atoms with Crippen molar-refractivity contribution < 1.29 is 4.79 Å². The van der Waals surface area contributed by atoms with E-state index in [1.54, 1.807) is 11.3 Å². The van der Waals surface area contributed by atoms with Crippen molar-refractivity contribution in [3.63, 3.8) is 0 Å². The Hall–Kier alpha value is -0.670. The second-order valence-electron chi connectivity index (χ2n) is 5.17. The second kappa shape index (κ2) is 4.30. The fourth-order valence-electron chi connectivity index (χ4n) is 2.29. The predicted molar refractivity (Wildman–Crippen MR) is 68.3 cm³/mol. The molecule has 2 heterocycles. The third kappa shape index (κ3) is 2.36. The Morgan fingerprint density at radius 1 is 1.50 bits per heavy atom. The summed E-state index contributed by atoms with van der Waals surface area (Å²) >= 11 is 1.60. The van der Waals surface area contributed by atoms with Crippen LogP contribution in [0.1, 0.15) is 41.2 Å². The number of Topliss-reactive ketones (excluding diaryl/α,β-unsaturated/α-hetero) is 1. The normalized spacial score (nSPS) is 20.2. The molecule has 0 spiro atoms. The molecule has 2 nitrogen and oxygen atoms in total. The van der Waals surface area contributed by atoms with Crippen LogP contribution in [0.4, 0.5) is 0 Å². The van der Waals surface area contributed by atoms with E-state index in [9.17, 15) is 4.79 Å². The van der Waals surface area contributed by atoms with Gasteiger partial charge in [0.15, 0.2) is 5.78 Å². The van der Waals surface area contributed by atoms with Gasteiger partial charge in [-0.25, -0.2) is 0 Å². The first-order valence-corrected chi connectivity index (χ1v) is 6.65. The summed E-state index contributed by atoms with van der Waals surface area (Å²) in [7, 11) is 0. The molecule has 1 fully saturated rings. The van der Waals surface area contributed by atoms with Crippen molar-refractivity contribution in [2.24, 2.45) is 0 Å². The van der Waals surface area contributed by atoms with Crippen LogP contribution in [0.25, 0.3) is 0 Å². The topological polar surface area (TPSA) is 20.3 Å². The fourth-order valence-corrected chi connectivity index (χ4v) is 3.09. The van der Waals surface area contributed by atoms with E-state index in [1.165, 1.54) is 17.7 Å². The van der Waals surface area contributed by atoms with Crippen LogP contribution in [-0.4, -0.2) is 29.3 Å². The average molecular weight is 237 g/mol. The highest BCUT2D eigenvalue weighted by atomic mass is 32.1. The molecule has 0 unspecified atom stereocenters. The Morgan fingerprint density at radius 3 is 2.75 bits per heavy atom. The molecule has 1 saturated heterocycles. The zero-order chi connectivity index (χ0) is 11.8. The largest absolute Gasteiger partial charge is 0.292 e. The Kier molecular flexibility index (Phi) is 3.17. The van der Waals surface area contributed by atoms with Crippen LogP contribution in [0.2, 0.25) is 0 Å². The molecule has 1 aliphatic heterocycles. The van der Waals surface area contributed by atoms with Gasteiger partial charge in [-0.3, -0.25) is 9.69 Å². The van der Waals surface area contributed by atoms with Gasteiger partial charge in [0.25, 0.3) is 0 Å². The molecule has 0 bridgehead atoms. The summed E-state index contributed by atoms with van der Waals surface area (Å²) in [5.41, 5.74) is 0.196. The number of carbonyl (C=O) groups excluding carboxylic acids is 1. The molecule has 2 rings (SSSR count). The monoisotopic (exact) mass is 237 g/mol. The van der Waals surface area contributed by atoms with E-state index in [1.807, 2.05) is 19.1 Å². The number of nitrogens with zero attached hydrogens (tertiary/aromatic N) is 1. The molecular formula is C13H19NOS. The van der Waals surface area contributed by atoms with E-state index < -0.39 is 0 Å². The number of thiophene rings is 1. The summed E-state index contributed by atoms with van der Waals surface area (Å²) < 4.78 is 0. The molecule has 0 N–H and O–H groups in total. The summed E-state index contributed by atoms with van der Waals surface area (Å²) in [5, 5.41) is 0. The summed E-state index contributed by atoms with van der Waals surface area (Å²) in [6.07, 6.45) is 2.41. The van der Waals surface area contributed by atoms with Gasteiger partial charge >= 0.3 is 0 Å². The molecule has 0 radical (unpaired) electrons. The molecular weight excluding hydrogens is 218 g/mol. The van der Waals surface area contributed by atoms with Crippen molar-refractivity contribution >= 4 is 17.1 Å². The van der Waals surface area contributed by atoms with E-state index in [0.717, 1.165) is 11.4 Å². The van der Waals surface area contributed by atoms with E-state index in [4.69, 9.17) is 0 Å². The molecule has 0 aromatic carbocycles. The Morgan fingerprint density at radius 2 is 2.25 bits per heavy atom. The minimum atomic E-state index is 0.196. The maximum Gasteiger partial charge on any atom is 0.186 e. The lowest BCUT2D eigenvalue weighted by Crippen LogP contribution is -2.41. The van der Waals surface area contributed by atoms with Gasteiger partial charge in [-0.15, -0.1) is 11.3 Å². The van der Waals surface area contributed by atoms with Crippen LogP contribution in [0.3, 0.4) is 0 Å². The van der Waals surface area contributed by atoms with Gasteiger partial charge in [0.1, 0.15) is 0 Å². The zero-order valence-electron chi connectivity index (χ0n) is 10.2. The number of likely N-dealkylation sites (tertiary alicyclic amines) is 1. The van der Waals surface area contributed by atoms with Crippen LogP contribution in [0.5, 0.6) is 0 Å². The standard InChI is InChI=1S/C13H19NOS/c1-10-5-6-12(16-10)11(15)9-14-8-4-7-13(14,2)3/h5-6H,4,7-9H2,1-3H3. The fraction of sp³-hybridized carbons (Fsp3) is 0.615. The van der Waals surface area contributed by atoms with Crippen molar-refractivity contribution in [1.82, 2.24) is 4.90 Å². The van der Waals surface area contributed by atoms with Crippen LogP contribution < -0.4 is 0 Å². The molecule has 1 aromatic rings. The Labute approximate surface area is 101 Å². The molecule has 1 aliphatic rings. The van der Waals surface area contributed by atoms with Crippen molar-refractivity contribution in [3.8, 4) is 0 Å². The minimum Gasteiger partial charge on any atom is -0.292 e. The van der Waals surface area contributed by atoms with Crippen LogP contribution in [-0.2, 0) is 0 Å². The minimum absolute atomic E-state index is 0.196. The highest BCUT2D eigenvalue weighted by Crippen LogP contribution is 2.28. The van der Waals surface area contributed by atoms with E-state index in [0.29, 0.717) is 6.54 Å². The number of hydrogen-bond donors (Lipinski definition) is 0. The highest BCUT2D eigenvalue weighted by Gasteiger charge is 2.33. The summed E-state index contributed by atoms with van der Waals surface area (Å²) in [5.74, 6) is 0.271. The lowest BCUT2D eigenvalue weighted by Gasteiger charge is -2.30. The smallest absolute Gasteiger partial charge is 0.186 e. The van der Waals surface area contributed by atoms with Crippen molar-refractivity contribution in [2.75, 3.05) is 13.1 Å². The molecule has 16 heavy (non-hydrogen) atoms. The zero-order valence-corrected chi connectivity index (χ0v) is 11.1.